The molecule has 0 saturated heterocycles. The van der Waals surface area contributed by atoms with Crippen LogP contribution in [0.15, 0.2) is 72.8 Å². The maximum absolute atomic E-state index is 11.1. The fraction of sp³-hybridized carbons (Fsp3) is 0.185. The summed E-state index contributed by atoms with van der Waals surface area (Å²) in [7, 11) is 3.21. The lowest BCUT2D eigenvalue weighted by Gasteiger charge is -2.14. The van der Waals surface area contributed by atoms with E-state index in [2.05, 4.69) is 0 Å². The molecule has 4 rings (SSSR count). The summed E-state index contributed by atoms with van der Waals surface area (Å²) in [5.41, 5.74) is 5.15. The Kier molecular flexibility index (Phi) is 6.82. The molecule has 0 aliphatic heterocycles. The molecule has 0 fully saturated rings. The largest absolute Gasteiger partial charge is 0.493 e. The van der Waals surface area contributed by atoms with E-state index in [0.29, 0.717) is 29.5 Å². The summed E-state index contributed by atoms with van der Waals surface area (Å²) in [6.07, 6.45) is 0. The molecule has 0 amide bonds. The van der Waals surface area contributed by atoms with Crippen LogP contribution in [0.2, 0.25) is 0 Å². The molecule has 1 aromatic heterocycles. The second kappa shape index (κ2) is 10.1. The molecule has 0 aliphatic rings. The van der Waals surface area contributed by atoms with Gasteiger partial charge < -0.3 is 19.3 Å². The minimum atomic E-state index is -1.04. The number of methoxy groups -OCH3 is 2. The third-order valence-electron chi connectivity index (χ3n) is 5.40. The molecule has 3 aromatic carbocycles. The van der Waals surface area contributed by atoms with Crippen molar-refractivity contribution in [1.82, 2.24) is 9.78 Å². The Balaban J connectivity index is 1.88. The van der Waals surface area contributed by atoms with Crippen molar-refractivity contribution in [3.05, 3.63) is 83.9 Å². The van der Waals surface area contributed by atoms with Crippen molar-refractivity contribution in [2.24, 2.45) is 0 Å². The zero-order chi connectivity index (χ0) is 24.1. The van der Waals surface area contributed by atoms with Crippen LogP contribution in [0.3, 0.4) is 0 Å². The van der Waals surface area contributed by atoms with Crippen LogP contribution in [0.5, 0.6) is 17.2 Å². The van der Waals surface area contributed by atoms with E-state index in [0.717, 1.165) is 27.9 Å². The third-order valence-corrected chi connectivity index (χ3v) is 5.40. The lowest BCUT2D eigenvalue weighted by molar-refractivity contribution is -0.139. The van der Waals surface area contributed by atoms with Gasteiger partial charge in [0.1, 0.15) is 5.75 Å². The highest BCUT2D eigenvalue weighted by Gasteiger charge is 2.20. The zero-order valence-corrected chi connectivity index (χ0v) is 19.3. The first-order chi connectivity index (χ1) is 16.5. The number of carbonyl (C=O) groups is 1. The standard InChI is InChI=1S/C27H26N2O5/c1-18-12-13-24(34-17-26(30)31)21(14-18)22-15-23(20-10-7-11-25(32-2)27(20)33-3)29(28-22)16-19-8-5-4-6-9-19/h4-15H,16-17H2,1-3H3,(H,30,31). The number of nitrogens with zero attached hydrogens (tertiary/aromatic N) is 2. The molecule has 0 atom stereocenters. The van der Waals surface area contributed by atoms with Gasteiger partial charge in [0, 0.05) is 11.1 Å². The lowest BCUT2D eigenvalue weighted by Crippen LogP contribution is -2.10. The number of ether oxygens (including phenoxy) is 3. The van der Waals surface area contributed by atoms with Gasteiger partial charge in [-0.1, -0.05) is 48.0 Å². The van der Waals surface area contributed by atoms with Crippen LogP contribution in [0.1, 0.15) is 11.1 Å². The van der Waals surface area contributed by atoms with Gasteiger partial charge in [0.15, 0.2) is 18.1 Å². The number of carboxylic acid groups (broad SMARTS) is 1. The lowest BCUT2D eigenvalue weighted by atomic mass is 10.0. The van der Waals surface area contributed by atoms with Gasteiger partial charge in [0.25, 0.3) is 0 Å². The van der Waals surface area contributed by atoms with E-state index in [1.165, 1.54) is 0 Å². The highest BCUT2D eigenvalue weighted by Crippen LogP contribution is 2.40. The molecule has 0 aliphatic carbocycles. The first-order valence-corrected chi connectivity index (χ1v) is 10.8. The van der Waals surface area contributed by atoms with Crippen LogP contribution >= 0.6 is 0 Å². The Hall–Kier alpha value is -4.26. The summed E-state index contributed by atoms with van der Waals surface area (Å²) in [5.74, 6) is 0.650. The number of hydrogen-bond acceptors (Lipinski definition) is 5. The van der Waals surface area contributed by atoms with Gasteiger partial charge in [-0.15, -0.1) is 0 Å². The summed E-state index contributed by atoms with van der Waals surface area (Å²) in [5, 5.41) is 14.0. The summed E-state index contributed by atoms with van der Waals surface area (Å²) >= 11 is 0. The van der Waals surface area contributed by atoms with Crippen molar-refractivity contribution in [2.45, 2.75) is 13.5 Å². The highest BCUT2D eigenvalue weighted by atomic mass is 16.5. The molecule has 1 heterocycles. The van der Waals surface area contributed by atoms with Crippen molar-refractivity contribution < 1.29 is 24.1 Å². The van der Waals surface area contributed by atoms with Crippen LogP contribution in [0.4, 0.5) is 0 Å². The molecule has 1 N–H and O–H groups in total. The molecule has 0 saturated carbocycles. The van der Waals surface area contributed by atoms with Crippen molar-refractivity contribution in [2.75, 3.05) is 20.8 Å². The molecular weight excluding hydrogens is 432 g/mol. The van der Waals surface area contributed by atoms with E-state index in [1.54, 1.807) is 20.3 Å². The van der Waals surface area contributed by atoms with Gasteiger partial charge >= 0.3 is 5.97 Å². The first kappa shape index (κ1) is 22.9. The van der Waals surface area contributed by atoms with Crippen LogP contribution in [0.25, 0.3) is 22.5 Å². The molecular formula is C27H26N2O5. The molecule has 0 radical (unpaired) electrons. The van der Waals surface area contributed by atoms with Gasteiger partial charge in [0.2, 0.25) is 0 Å². The number of aryl methyl sites for hydroxylation is 1. The average Bonchev–Trinajstić information content (AvgIpc) is 3.26. The van der Waals surface area contributed by atoms with Crippen LogP contribution in [0, 0.1) is 6.92 Å². The van der Waals surface area contributed by atoms with Gasteiger partial charge in [-0.3, -0.25) is 4.68 Å². The average molecular weight is 459 g/mol. The van der Waals surface area contributed by atoms with Gasteiger partial charge in [-0.05, 0) is 42.8 Å². The quantitative estimate of drug-likeness (QED) is 0.378. The normalized spacial score (nSPS) is 10.7. The number of aromatic nitrogens is 2. The van der Waals surface area contributed by atoms with E-state index in [4.69, 9.17) is 24.4 Å². The minimum absolute atomic E-state index is 0.433. The number of hydrogen-bond donors (Lipinski definition) is 1. The van der Waals surface area contributed by atoms with Gasteiger partial charge in [0.05, 0.1) is 32.2 Å². The maximum atomic E-state index is 11.1. The van der Waals surface area contributed by atoms with Crippen LogP contribution in [-0.4, -0.2) is 41.7 Å². The summed E-state index contributed by atoms with van der Waals surface area (Å²) in [6.45, 7) is 2.07. The molecule has 7 heteroatoms. The number of carboxylic acids is 1. The van der Waals surface area contributed by atoms with Crippen molar-refractivity contribution >= 4 is 5.97 Å². The minimum Gasteiger partial charge on any atom is -0.493 e. The first-order valence-electron chi connectivity index (χ1n) is 10.8. The molecule has 0 spiro atoms. The molecule has 34 heavy (non-hydrogen) atoms. The maximum Gasteiger partial charge on any atom is 0.341 e. The Morgan fingerprint density at radius 1 is 0.912 bits per heavy atom. The van der Waals surface area contributed by atoms with E-state index >= 15 is 0 Å². The second-order valence-electron chi connectivity index (χ2n) is 7.78. The molecule has 7 nitrogen and oxygen atoms in total. The number of aliphatic carboxylic acids is 1. The number of rotatable bonds is 9. The predicted molar refractivity (Wildman–Crippen MR) is 130 cm³/mol. The Morgan fingerprint density at radius 2 is 1.71 bits per heavy atom. The number of para-hydroxylation sites is 1. The fourth-order valence-electron chi connectivity index (χ4n) is 3.84. The zero-order valence-electron chi connectivity index (χ0n) is 19.3. The van der Waals surface area contributed by atoms with Gasteiger partial charge in [-0.25, -0.2) is 4.79 Å². The van der Waals surface area contributed by atoms with Crippen molar-refractivity contribution in [3.63, 3.8) is 0 Å². The highest BCUT2D eigenvalue weighted by molar-refractivity contribution is 5.78. The second-order valence-corrected chi connectivity index (χ2v) is 7.78. The van der Waals surface area contributed by atoms with Crippen molar-refractivity contribution in [1.29, 1.82) is 0 Å². The van der Waals surface area contributed by atoms with E-state index in [9.17, 15) is 4.79 Å². The van der Waals surface area contributed by atoms with Crippen LogP contribution < -0.4 is 14.2 Å². The smallest absolute Gasteiger partial charge is 0.341 e. The molecule has 174 valence electrons. The Bertz CT molecular complexity index is 1300. The summed E-state index contributed by atoms with van der Waals surface area (Å²) in [4.78, 5) is 11.1. The summed E-state index contributed by atoms with van der Waals surface area (Å²) in [6, 6.07) is 23.3. The number of benzene rings is 3. The Morgan fingerprint density at radius 3 is 2.41 bits per heavy atom. The summed E-state index contributed by atoms with van der Waals surface area (Å²) < 4.78 is 18.7. The topological polar surface area (TPSA) is 82.8 Å². The monoisotopic (exact) mass is 458 g/mol. The van der Waals surface area contributed by atoms with Gasteiger partial charge in [-0.2, -0.15) is 5.10 Å². The molecule has 4 aromatic rings. The molecule has 0 unspecified atom stereocenters. The predicted octanol–water partition coefficient (Wildman–Crippen LogP) is 5.05. The Labute approximate surface area is 198 Å². The van der Waals surface area contributed by atoms with E-state index < -0.39 is 12.6 Å². The fourth-order valence-corrected chi connectivity index (χ4v) is 3.84. The van der Waals surface area contributed by atoms with E-state index in [-0.39, 0.29) is 0 Å². The molecule has 0 bridgehead atoms. The SMILES string of the molecule is COc1cccc(-c2cc(-c3cc(C)ccc3OCC(=O)O)nn2Cc2ccccc2)c1OC. The van der Waals surface area contributed by atoms with Crippen LogP contribution in [-0.2, 0) is 11.3 Å². The third kappa shape index (κ3) is 4.88. The van der Waals surface area contributed by atoms with Crippen molar-refractivity contribution in [3.8, 4) is 39.8 Å². The van der Waals surface area contributed by atoms with E-state index in [1.807, 2.05) is 78.3 Å².